The molecule has 4 nitrogen and oxygen atoms in total. The Balaban J connectivity index is 1.89. The number of hydrogen-bond acceptors (Lipinski definition) is 4. The number of aryl methyl sites for hydroxylation is 1. The van der Waals surface area contributed by atoms with Crippen LogP contribution in [0.2, 0.25) is 0 Å². The maximum atomic E-state index is 4.71. The van der Waals surface area contributed by atoms with E-state index in [1.165, 1.54) is 11.1 Å². The second-order valence-electron chi connectivity index (χ2n) is 5.35. The van der Waals surface area contributed by atoms with Gasteiger partial charge in [-0.1, -0.05) is 31.2 Å². The lowest BCUT2D eigenvalue weighted by Crippen LogP contribution is -2.31. The molecule has 0 amide bonds. The summed E-state index contributed by atoms with van der Waals surface area (Å²) >= 11 is 0. The molecule has 0 aliphatic carbocycles. The van der Waals surface area contributed by atoms with Gasteiger partial charge in [-0.25, -0.2) is 9.97 Å². The smallest absolute Gasteiger partial charge is 0.134 e. The van der Waals surface area contributed by atoms with Crippen LogP contribution < -0.4 is 10.2 Å². The summed E-state index contributed by atoms with van der Waals surface area (Å²) in [4.78, 5) is 11.6. The fourth-order valence-electron chi connectivity index (χ4n) is 2.77. The normalized spacial score (nSPS) is 13.9. The third-order valence-electron chi connectivity index (χ3n) is 3.89. The highest BCUT2D eigenvalue weighted by atomic mass is 15.2. The molecule has 0 radical (unpaired) electrons. The van der Waals surface area contributed by atoms with Crippen LogP contribution in [-0.4, -0.2) is 23.1 Å². The van der Waals surface area contributed by atoms with E-state index in [4.69, 9.17) is 4.98 Å². The lowest BCUT2D eigenvalue weighted by molar-refractivity contribution is 0.715. The fourth-order valence-corrected chi connectivity index (χ4v) is 2.77. The van der Waals surface area contributed by atoms with Gasteiger partial charge in [0.1, 0.15) is 17.5 Å². The van der Waals surface area contributed by atoms with E-state index in [-0.39, 0.29) is 0 Å². The van der Waals surface area contributed by atoms with E-state index in [0.717, 1.165) is 49.9 Å². The molecule has 0 atom stereocenters. The van der Waals surface area contributed by atoms with Crippen molar-refractivity contribution < 1.29 is 0 Å². The molecule has 0 unspecified atom stereocenters. The maximum Gasteiger partial charge on any atom is 0.134 e. The number of anilines is 2. The van der Waals surface area contributed by atoms with Crippen molar-refractivity contribution in [3.63, 3.8) is 0 Å². The monoisotopic (exact) mass is 282 g/mol. The Labute approximate surface area is 126 Å². The number of hydrogen-bond donors (Lipinski definition) is 1. The van der Waals surface area contributed by atoms with Crippen molar-refractivity contribution in [2.24, 2.45) is 0 Å². The number of rotatable bonds is 4. The molecule has 0 fully saturated rings. The number of nitrogens with one attached hydrogen (secondary N) is 1. The van der Waals surface area contributed by atoms with Gasteiger partial charge in [-0.2, -0.15) is 0 Å². The number of aromatic nitrogens is 2. The van der Waals surface area contributed by atoms with E-state index >= 15 is 0 Å². The molecule has 1 aromatic heterocycles. The van der Waals surface area contributed by atoms with Crippen LogP contribution in [0.3, 0.4) is 0 Å². The van der Waals surface area contributed by atoms with E-state index in [1.54, 1.807) is 0 Å². The maximum absolute atomic E-state index is 4.71. The van der Waals surface area contributed by atoms with Crippen molar-refractivity contribution >= 4 is 11.6 Å². The van der Waals surface area contributed by atoms with Gasteiger partial charge in [-0.3, -0.25) is 0 Å². The highest BCUT2D eigenvalue weighted by molar-refractivity contribution is 5.51. The summed E-state index contributed by atoms with van der Waals surface area (Å²) in [6.45, 7) is 7.01. The zero-order valence-corrected chi connectivity index (χ0v) is 12.8. The topological polar surface area (TPSA) is 41.0 Å². The summed E-state index contributed by atoms with van der Waals surface area (Å²) in [5, 5.41) is 3.30. The minimum absolute atomic E-state index is 0.858. The van der Waals surface area contributed by atoms with Gasteiger partial charge in [0.25, 0.3) is 0 Å². The van der Waals surface area contributed by atoms with Crippen molar-refractivity contribution in [2.45, 2.75) is 33.2 Å². The quantitative estimate of drug-likeness (QED) is 0.936. The molecule has 4 heteroatoms. The molecule has 1 aliphatic rings. The van der Waals surface area contributed by atoms with Gasteiger partial charge in [0.2, 0.25) is 0 Å². The highest BCUT2D eigenvalue weighted by Crippen LogP contribution is 2.24. The molecule has 1 aromatic carbocycles. The Hall–Kier alpha value is -2.10. The van der Waals surface area contributed by atoms with Crippen LogP contribution in [0.1, 0.15) is 30.8 Å². The van der Waals surface area contributed by atoms with Crippen LogP contribution >= 0.6 is 0 Å². The summed E-state index contributed by atoms with van der Waals surface area (Å²) in [6.07, 6.45) is 1.94. The molecule has 0 spiro atoms. The van der Waals surface area contributed by atoms with Crippen molar-refractivity contribution in [1.82, 2.24) is 9.97 Å². The summed E-state index contributed by atoms with van der Waals surface area (Å²) in [7, 11) is 0. The third kappa shape index (κ3) is 2.99. The summed E-state index contributed by atoms with van der Waals surface area (Å²) < 4.78 is 0. The van der Waals surface area contributed by atoms with Gasteiger partial charge in [-0.05, 0) is 24.5 Å². The number of benzene rings is 1. The third-order valence-corrected chi connectivity index (χ3v) is 3.89. The van der Waals surface area contributed by atoms with E-state index < -0.39 is 0 Å². The molecular weight excluding hydrogens is 260 g/mol. The molecule has 110 valence electrons. The van der Waals surface area contributed by atoms with Crippen LogP contribution in [-0.2, 0) is 19.4 Å². The van der Waals surface area contributed by atoms with E-state index in [2.05, 4.69) is 59.4 Å². The van der Waals surface area contributed by atoms with Gasteiger partial charge >= 0.3 is 0 Å². The van der Waals surface area contributed by atoms with Gasteiger partial charge in [0, 0.05) is 32.1 Å². The first kappa shape index (κ1) is 13.9. The second kappa shape index (κ2) is 6.12. The van der Waals surface area contributed by atoms with Gasteiger partial charge < -0.3 is 10.2 Å². The zero-order chi connectivity index (χ0) is 14.7. The minimum atomic E-state index is 0.858. The molecule has 21 heavy (non-hydrogen) atoms. The Morgan fingerprint density at radius 1 is 1.14 bits per heavy atom. The van der Waals surface area contributed by atoms with Gasteiger partial charge in [-0.15, -0.1) is 0 Å². The second-order valence-corrected chi connectivity index (χ2v) is 5.35. The molecule has 1 N–H and O–H groups in total. The van der Waals surface area contributed by atoms with Crippen LogP contribution in [0.5, 0.6) is 0 Å². The van der Waals surface area contributed by atoms with Crippen molar-refractivity contribution in [3.8, 4) is 0 Å². The Morgan fingerprint density at radius 3 is 2.71 bits per heavy atom. The van der Waals surface area contributed by atoms with Crippen molar-refractivity contribution in [3.05, 3.63) is 47.3 Å². The van der Waals surface area contributed by atoms with Crippen molar-refractivity contribution in [1.29, 1.82) is 0 Å². The predicted octanol–water partition coefficient (Wildman–Crippen LogP) is 3.03. The van der Waals surface area contributed by atoms with Gasteiger partial charge in [0.05, 0.1) is 0 Å². The molecule has 0 bridgehead atoms. The minimum Gasteiger partial charge on any atom is -0.370 e. The molecule has 3 rings (SSSR count). The molecule has 1 aliphatic heterocycles. The SMILES string of the molecule is CCNc1cc(N2CCc3ccccc3C2)nc(CC)n1. The average Bonchev–Trinajstić information content (AvgIpc) is 2.54. The summed E-state index contributed by atoms with van der Waals surface area (Å²) in [6, 6.07) is 10.8. The van der Waals surface area contributed by atoms with Crippen LogP contribution in [0.15, 0.2) is 30.3 Å². The largest absolute Gasteiger partial charge is 0.370 e. The van der Waals surface area contributed by atoms with Gasteiger partial charge in [0.15, 0.2) is 0 Å². The summed E-state index contributed by atoms with van der Waals surface area (Å²) in [5.74, 6) is 2.87. The molecule has 0 saturated heterocycles. The van der Waals surface area contributed by atoms with E-state index in [0.29, 0.717) is 0 Å². The summed E-state index contributed by atoms with van der Waals surface area (Å²) in [5.41, 5.74) is 2.87. The predicted molar refractivity (Wildman–Crippen MR) is 86.8 cm³/mol. The van der Waals surface area contributed by atoms with Crippen molar-refractivity contribution in [2.75, 3.05) is 23.3 Å². The first-order valence-corrected chi connectivity index (χ1v) is 7.73. The standard InChI is InChI=1S/C17H22N4/c1-3-15-19-16(18-4-2)11-17(20-15)21-10-9-13-7-5-6-8-14(13)12-21/h5-8,11H,3-4,9-10,12H2,1-2H3,(H,18,19,20). The lowest BCUT2D eigenvalue weighted by atomic mass is 10.00. The molecule has 2 heterocycles. The highest BCUT2D eigenvalue weighted by Gasteiger charge is 2.18. The van der Waals surface area contributed by atoms with Crippen LogP contribution in [0.25, 0.3) is 0 Å². The molecule has 0 saturated carbocycles. The molecule has 2 aromatic rings. The first-order valence-electron chi connectivity index (χ1n) is 7.73. The van der Waals surface area contributed by atoms with E-state index in [1.807, 2.05) is 0 Å². The lowest BCUT2D eigenvalue weighted by Gasteiger charge is -2.30. The van der Waals surface area contributed by atoms with Crippen LogP contribution in [0.4, 0.5) is 11.6 Å². The molecular formula is C17H22N4. The average molecular weight is 282 g/mol. The Morgan fingerprint density at radius 2 is 1.95 bits per heavy atom. The zero-order valence-electron chi connectivity index (χ0n) is 12.8. The van der Waals surface area contributed by atoms with Crippen LogP contribution in [0, 0.1) is 0 Å². The Kier molecular flexibility index (Phi) is 4.04. The first-order chi connectivity index (χ1) is 10.3. The van der Waals surface area contributed by atoms with E-state index in [9.17, 15) is 0 Å². The fraction of sp³-hybridized carbons (Fsp3) is 0.412. The number of fused-ring (bicyclic) bond motifs is 1. The number of nitrogens with zero attached hydrogens (tertiary/aromatic N) is 3. The Bertz CT molecular complexity index is 624.